The van der Waals surface area contributed by atoms with E-state index in [0.29, 0.717) is 31.3 Å². The Labute approximate surface area is 111 Å². The van der Waals surface area contributed by atoms with Crippen molar-refractivity contribution < 1.29 is 18.7 Å². The number of ether oxygens (including phenoxy) is 2. The van der Waals surface area contributed by atoms with E-state index in [1.54, 1.807) is 6.92 Å². The van der Waals surface area contributed by atoms with Crippen molar-refractivity contribution in [2.24, 2.45) is 5.92 Å². The second-order valence-corrected chi connectivity index (χ2v) is 4.83. The molecule has 1 saturated heterocycles. The highest BCUT2D eigenvalue weighted by atomic mass is 19.1. The predicted molar refractivity (Wildman–Crippen MR) is 69.4 cm³/mol. The fraction of sp³-hybridized carbons (Fsp3) is 0.500. The minimum absolute atomic E-state index is 0.160. The number of esters is 1. The highest BCUT2D eigenvalue weighted by Crippen LogP contribution is 2.19. The van der Waals surface area contributed by atoms with Crippen LogP contribution in [-0.2, 0) is 9.47 Å². The number of halogens is 1. The topological polar surface area (TPSA) is 61.6 Å². The lowest BCUT2D eigenvalue weighted by Crippen LogP contribution is -2.22. The van der Waals surface area contributed by atoms with Crippen LogP contribution in [0.3, 0.4) is 0 Å². The Morgan fingerprint density at radius 1 is 1.47 bits per heavy atom. The average molecular weight is 267 g/mol. The number of carbonyl (C=O) groups is 1. The third-order valence-corrected chi connectivity index (χ3v) is 3.41. The molecule has 0 aromatic heterocycles. The summed E-state index contributed by atoms with van der Waals surface area (Å²) in [7, 11) is 0. The molecule has 1 fully saturated rings. The summed E-state index contributed by atoms with van der Waals surface area (Å²) in [6.07, 6.45) is 1.77. The summed E-state index contributed by atoms with van der Waals surface area (Å²) in [6, 6.07) is 2.61. The van der Waals surface area contributed by atoms with Gasteiger partial charge in [0.1, 0.15) is 5.82 Å². The van der Waals surface area contributed by atoms with Gasteiger partial charge in [0.2, 0.25) is 0 Å². The van der Waals surface area contributed by atoms with Gasteiger partial charge in [-0.2, -0.15) is 0 Å². The first-order valence-electron chi connectivity index (χ1n) is 6.38. The van der Waals surface area contributed by atoms with E-state index in [4.69, 9.17) is 15.2 Å². The van der Waals surface area contributed by atoms with Crippen LogP contribution in [0.1, 0.15) is 28.8 Å². The minimum Gasteiger partial charge on any atom is -0.462 e. The SMILES string of the molecule is Cc1c(N)cc(C(=O)OCC2CCOCC2)cc1F. The molecule has 1 aromatic rings. The maximum atomic E-state index is 13.5. The number of nitrogen functional groups attached to an aromatic ring is 1. The molecule has 1 aromatic carbocycles. The number of hydrogen-bond acceptors (Lipinski definition) is 4. The highest BCUT2D eigenvalue weighted by Gasteiger charge is 2.17. The minimum atomic E-state index is -0.530. The molecule has 0 aliphatic carbocycles. The van der Waals surface area contributed by atoms with E-state index >= 15 is 0 Å². The summed E-state index contributed by atoms with van der Waals surface area (Å²) in [5, 5.41) is 0. The molecule has 0 unspecified atom stereocenters. The van der Waals surface area contributed by atoms with Crippen LogP contribution >= 0.6 is 0 Å². The molecule has 2 N–H and O–H groups in total. The molecule has 0 saturated carbocycles. The Morgan fingerprint density at radius 3 is 2.79 bits per heavy atom. The smallest absolute Gasteiger partial charge is 0.338 e. The Kier molecular flexibility index (Phi) is 4.37. The van der Waals surface area contributed by atoms with Gasteiger partial charge in [-0.3, -0.25) is 0 Å². The summed E-state index contributed by atoms with van der Waals surface area (Å²) in [5.41, 5.74) is 6.40. The number of carbonyl (C=O) groups excluding carboxylic acids is 1. The Morgan fingerprint density at radius 2 is 2.16 bits per heavy atom. The Balaban J connectivity index is 1.96. The summed E-state index contributed by atoms with van der Waals surface area (Å²) < 4.78 is 23.9. The number of rotatable bonds is 3. The third-order valence-electron chi connectivity index (χ3n) is 3.41. The van der Waals surface area contributed by atoms with Crippen molar-refractivity contribution in [3.05, 3.63) is 29.1 Å². The zero-order valence-corrected chi connectivity index (χ0v) is 10.9. The van der Waals surface area contributed by atoms with Crippen molar-refractivity contribution in [2.45, 2.75) is 19.8 Å². The zero-order valence-electron chi connectivity index (χ0n) is 10.9. The second-order valence-electron chi connectivity index (χ2n) is 4.83. The van der Waals surface area contributed by atoms with Gasteiger partial charge in [-0.05, 0) is 37.8 Å². The molecule has 0 atom stereocenters. The molecule has 0 amide bonds. The van der Waals surface area contributed by atoms with Gasteiger partial charge < -0.3 is 15.2 Å². The average Bonchev–Trinajstić information content (AvgIpc) is 2.42. The third kappa shape index (κ3) is 3.44. The quantitative estimate of drug-likeness (QED) is 0.674. The molecule has 0 spiro atoms. The molecular formula is C14H18FNO3. The van der Waals surface area contributed by atoms with Gasteiger partial charge in [0.25, 0.3) is 0 Å². The van der Waals surface area contributed by atoms with Crippen molar-refractivity contribution >= 4 is 11.7 Å². The predicted octanol–water partition coefficient (Wildman–Crippen LogP) is 2.30. The first kappa shape index (κ1) is 13.8. The summed E-state index contributed by atoms with van der Waals surface area (Å²) in [5.74, 6) is -0.694. The summed E-state index contributed by atoms with van der Waals surface area (Å²) >= 11 is 0. The van der Waals surface area contributed by atoms with Gasteiger partial charge in [0.05, 0.1) is 12.2 Å². The molecule has 5 heteroatoms. The van der Waals surface area contributed by atoms with Gasteiger partial charge >= 0.3 is 5.97 Å². The molecule has 4 nitrogen and oxygen atoms in total. The Hall–Kier alpha value is -1.62. The van der Waals surface area contributed by atoms with Crippen LogP contribution in [0.2, 0.25) is 0 Å². The number of benzene rings is 1. The molecule has 0 bridgehead atoms. The molecule has 19 heavy (non-hydrogen) atoms. The lowest BCUT2D eigenvalue weighted by molar-refractivity contribution is 0.0185. The molecule has 1 heterocycles. The van der Waals surface area contributed by atoms with Crippen molar-refractivity contribution in [3.63, 3.8) is 0 Å². The van der Waals surface area contributed by atoms with Crippen LogP contribution < -0.4 is 5.73 Å². The number of nitrogens with two attached hydrogens (primary N) is 1. The standard InChI is InChI=1S/C14H18FNO3/c1-9-12(15)6-11(7-13(9)16)14(17)19-8-10-2-4-18-5-3-10/h6-7,10H,2-5,8,16H2,1H3. The summed E-state index contributed by atoms with van der Waals surface area (Å²) in [6.45, 7) is 3.32. The number of anilines is 1. The second kappa shape index (κ2) is 6.02. The molecule has 1 aliphatic rings. The van der Waals surface area contributed by atoms with Crippen LogP contribution in [0.5, 0.6) is 0 Å². The van der Waals surface area contributed by atoms with Gasteiger partial charge in [0.15, 0.2) is 0 Å². The maximum Gasteiger partial charge on any atom is 0.338 e. The van der Waals surface area contributed by atoms with Crippen LogP contribution in [0.4, 0.5) is 10.1 Å². The fourth-order valence-electron chi connectivity index (χ4n) is 2.01. The maximum absolute atomic E-state index is 13.5. The van der Waals surface area contributed by atoms with E-state index in [1.165, 1.54) is 6.07 Å². The Bertz CT molecular complexity index is 447. The van der Waals surface area contributed by atoms with E-state index in [0.717, 1.165) is 18.9 Å². The van der Waals surface area contributed by atoms with Crippen LogP contribution in [-0.4, -0.2) is 25.8 Å². The van der Waals surface area contributed by atoms with Crippen molar-refractivity contribution in [3.8, 4) is 0 Å². The van der Waals surface area contributed by atoms with E-state index < -0.39 is 11.8 Å². The largest absolute Gasteiger partial charge is 0.462 e. The lowest BCUT2D eigenvalue weighted by atomic mass is 10.0. The lowest BCUT2D eigenvalue weighted by Gasteiger charge is -2.21. The molecule has 2 rings (SSSR count). The normalized spacial score (nSPS) is 16.3. The van der Waals surface area contributed by atoms with E-state index in [-0.39, 0.29) is 11.3 Å². The molecular weight excluding hydrogens is 249 g/mol. The fourth-order valence-corrected chi connectivity index (χ4v) is 2.01. The summed E-state index contributed by atoms with van der Waals surface area (Å²) in [4.78, 5) is 11.8. The van der Waals surface area contributed by atoms with Crippen LogP contribution in [0.25, 0.3) is 0 Å². The van der Waals surface area contributed by atoms with Gasteiger partial charge in [-0.25, -0.2) is 9.18 Å². The van der Waals surface area contributed by atoms with Gasteiger partial charge in [0, 0.05) is 24.5 Å². The van der Waals surface area contributed by atoms with Crippen molar-refractivity contribution in [1.82, 2.24) is 0 Å². The van der Waals surface area contributed by atoms with Crippen molar-refractivity contribution in [2.75, 3.05) is 25.6 Å². The zero-order chi connectivity index (χ0) is 13.8. The van der Waals surface area contributed by atoms with E-state index in [9.17, 15) is 9.18 Å². The molecule has 0 radical (unpaired) electrons. The molecule has 104 valence electrons. The highest BCUT2D eigenvalue weighted by molar-refractivity contribution is 5.90. The van der Waals surface area contributed by atoms with Gasteiger partial charge in [-0.15, -0.1) is 0 Å². The van der Waals surface area contributed by atoms with Crippen LogP contribution in [0.15, 0.2) is 12.1 Å². The van der Waals surface area contributed by atoms with E-state index in [1.807, 2.05) is 0 Å². The van der Waals surface area contributed by atoms with Crippen molar-refractivity contribution in [1.29, 1.82) is 0 Å². The van der Waals surface area contributed by atoms with E-state index in [2.05, 4.69) is 0 Å². The number of hydrogen-bond donors (Lipinski definition) is 1. The van der Waals surface area contributed by atoms with Gasteiger partial charge in [-0.1, -0.05) is 0 Å². The first-order valence-corrected chi connectivity index (χ1v) is 6.38. The first-order chi connectivity index (χ1) is 9.08. The monoisotopic (exact) mass is 267 g/mol. The molecule has 1 aliphatic heterocycles. The van der Waals surface area contributed by atoms with Crippen LogP contribution in [0, 0.1) is 18.7 Å².